The predicted molar refractivity (Wildman–Crippen MR) is 139 cm³/mol. The van der Waals surface area contributed by atoms with Crippen molar-refractivity contribution >= 4 is 34.9 Å². The molecule has 7 heteroatoms. The third kappa shape index (κ3) is 5.70. The van der Waals surface area contributed by atoms with E-state index >= 15 is 0 Å². The number of carbonyl (C=O) groups is 1. The molecule has 4 rings (SSSR count). The molecule has 2 N–H and O–H groups in total. The topological polar surface area (TPSA) is 82.8 Å². The second-order valence-electron chi connectivity index (χ2n) is 8.17. The number of benzene rings is 3. The van der Waals surface area contributed by atoms with Crippen LogP contribution in [-0.4, -0.2) is 27.0 Å². The SMILES string of the molecule is Cc1ccccc1[C@H](C/C(=N/O)c1cc(Cl)nc(Cl)c1)c1ccc(-c2ccc(C(=O)O)cc2)cc1. The molecule has 1 heterocycles. The summed E-state index contributed by atoms with van der Waals surface area (Å²) in [5.74, 6) is -1.05. The summed E-state index contributed by atoms with van der Waals surface area (Å²) < 4.78 is 0. The molecule has 3 aromatic carbocycles. The highest BCUT2D eigenvalue weighted by atomic mass is 35.5. The smallest absolute Gasteiger partial charge is 0.335 e. The molecule has 0 bridgehead atoms. The first-order valence-corrected chi connectivity index (χ1v) is 11.6. The Kier molecular flexibility index (Phi) is 7.49. The van der Waals surface area contributed by atoms with Gasteiger partial charge in [0.25, 0.3) is 0 Å². The standard InChI is InChI=1S/C28H22Cl2N2O3/c1-17-4-2-3-5-23(17)24(16-25(32-35)22-14-26(29)31-27(30)15-22)20-10-6-18(7-11-20)19-8-12-21(13-9-19)28(33)34/h2-15,24,35H,16H2,1H3,(H,33,34)/b32-25-/t24-/m1/s1. The van der Waals surface area contributed by atoms with Crippen LogP contribution in [0.5, 0.6) is 0 Å². The largest absolute Gasteiger partial charge is 0.478 e. The quantitative estimate of drug-likeness (QED) is 0.118. The number of aryl methyl sites for hydroxylation is 1. The number of carboxylic acid groups (broad SMARTS) is 1. The number of hydrogen-bond acceptors (Lipinski definition) is 4. The molecule has 0 saturated heterocycles. The maximum absolute atomic E-state index is 11.1. The van der Waals surface area contributed by atoms with Gasteiger partial charge in [0.2, 0.25) is 0 Å². The Balaban J connectivity index is 1.70. The lowest BCUT2D eigenvalue weighted by atomic mass is 9.83. The van der Waals surface area contributed by atoms with Crippen LogP contribution < -0.4 is 0 Å². The molecule has 0 radical (unpaired) electrons. The molecule has 0 aliphatic carbocycles. The van der Waals surface area contributed by atoms with Gasteiger partial charge >= 0.3 is 5.97 Å². The fourth-order valence-electron chi connectivity index (χ4n) is 4.14. The van der Waals surface area contributed by atoms with E-state index in [0.29, 0.717) is 17.7 Å². The lowest BCUT2D eigenvalue weighted by Gasteiger charge is -2.21. The molecule has 35 heavy (non-hydrogen) atoms. The summed E-state index contributed by atoms with van der Waals surface area (Å²) in [5.41, 5.74) is 6.46. The highest BCUT2D eigenvalue weighted by Gasteiger charge is 2.21. The zero-order valence-electron chi connectivity index (χ0n) is 18.8. The van der Waals surface area contributed by atoms with Gasteiger partial charge in [0.15, 0.2) is 0 Å². The number of halogens is 2. The highest BCUT2D eigenvalue weighted by Crippen LogP contribution is 2.34. The van der Waals surface area contributed by atoms with Gasteiger partial charge in [-0.1, -0.05) is 89.0 Å². The summed E-state index contributed by atoms with van der Waals surface area (Å²) in [5, 5.41) is 23.0. The Morgan fingerprint density at radius 2 is 1.46 bits per heavy atom. The van der Waals surface area contributed by atoms with Gasteiger partial charge in [0, 0.05) is 17.9 Å². The van der Waals surface area contributed by atoms with Gasteiger partial charge in [-0.05, 0) is 59.0 Å². The maximum atomic E-state index is 11.1. The van der Waals surface area contributed by atoms with Crippen molar-refractivity contribution in [2.24, 2.45) is 5.16 Å². The number of hydrogen-bond donors (Lipinski definition) is 2. The Morgan fingerprint density at radius 3 is 2.00 bits per heavy atom. The van der Waals surface area contributed by atoms with Crippen molar-refractivity contribution < 1.29 is 15.1 Å². The fraction of sp³-hybridized carbons (Fsp3) is 0.107. The average Bonchev–Trinajstić information content (AvgIpc) is 2.85. The number of nitrogens with zero attached hydrogens (tertiary/aromatic N) is 2. The number of rotatable bonds is 7. The molecule has 0 saturated carbocycles. The van der Waals surface area contributed by atoms with E-state index < -0.39 is 5.97 Å². The highest BCUT2D eigenvalue weighted by molar-refractivity contribution is 6.33. The second-order valence-corrected chi connectivity index (χ2v) is 8.94. The first-order chi connectivity index (χ1) is 16.9. The number of pyridine rings is 1. The van der Waals surface area contributed by atoms with Crippen LogP contribution in [0.15, 0.2) is 90.1 Å². The van der Waals surface area contributed by atoms with Crippen molar-refractivity contribution in [1.82, 2.24) is 4.98 Å². The maximum Gasteiger partial charge on any atom is 0.335 e. The number of carboxylic acids is 1. The Hall–Kier alpha value is -3.67. The van der Waals surface area contributed by atoms with Crippen LogP contribution in [0.2, 0.25) is 10.3 Å². The van der Waals surface area contributed by atoms with Crippen LogP contribution in [0.1, 0.15) is 45.0 Å². The number of aromatic carboxylic acids is 1. The Morgan fingerprint density at radius 1 is 0.886 bits per heavy atom. The van der Waals surface area contributed by atoms with Crippen LogP contribution in [-0.2, 0) is 0 Å². The summed E-state index contributed by atoms with van der Waals surface area (Å²) in [6.07, 6.45) is 0.407. The van der Waals surface area contributed by atoms with E-state index in [1.807, 2.05) is 36.4 Å². The summed E-state index contributed by atoms with van der Waals surface area (Å²) in [6, 6.07) is 26.2. The van der Waals surface area contributed by atoms with Crippen LogP contribution in [0, 0.1) is 6.92 Å². The molecule has 1 atom stereocenters. The normalized spacial score (nSPS) is 12.4. The van der Waals surface area contributed by atoms with Crippen LogP contribution in [0.3, 0.4) is 0 Å². The van der Waals surface area contributed by atoms with Crippen LogP contribution in [0.25, 0.3) is 11.1 Å². The summed E-state index contributed by atoms with van der Waals surface area (Å²) in [6.45, 7) is 2.05. The van der Waals surface area contributed by atoms with Crippen LogP contribution in [0.4, 0.5) is 0 Å². The first-order valence-electron chi connectivity index (χ1n) is 10.9. The number of aromatic nitrogens is 1. The molecule has 0 aliphatic rings. The van der Waals surface area contributed by atoms with Gasteiger partial charge in [-0.3, -0.25) is 0 Å². The third-order valence-electron chi connectivity index (χ3n) is 5.96. The van der Waals surface area contributed by atoms with Crippen molar-refractivity contribution in [3.63, 3.8) is 0 Å². The second kappa shape index (κ2) is 10.7. The Labute approximate surface area is 213 Å². The lowest BCUT2D eigenvalue weighted by molar-refractivity contribution is 0.0697. The van der Waals surface area contributed by atoms with E-state index in [2.05, 4.69) is 29.2 Å². The first kappa shape index (κ1) is 24.5. The van der Waals surface area contributed by atoms with Crippen molar-refractivity contribution in [2.45, 2.75) is 19.3 Å². The zero-order valence-corrected chi connectivity index (χ0v) is 20.3. The molecule has 0 fully saturated rings. The molecule has 0 amide bonds. The molecular formula is C28H22Cl2N2O3. The minimum Gasteiger partial charge on any atom is -0.478 e. The average molecular weight is 505 g/mol. The Bertz CT molecular complexity index is 1360. The van der Waals surface area contributed by atoms with Crippen molar-refractivity contribution in [3.05, 3.63) is 123 Å². The zero-order chi connectivity index (χ0) is 24.9. The molecular weight excluding hydrogens is 483 g/mol. The van der Waals surface area contributed by atoms with Crippen LogP contribution >= 0.6 is 23.2 Å². The van der Waals surface area contributed by atoms with Gasteiger partial charge in [-0.2, -0.15) is 0 Å². The van der Waals surface area contributed by atoms with E-state index in [-0.39, 0.29) is 21.8 Å². The molecule has 1 aromatic heterocycles. The van der Waals surface area contributed by atoms with Crippen molar-refractivity contribution in [2.75, 3.05) is 0 Å². The lowest BCUT2D eigenvalue weighted by Crippen LogP contribution is -2.12. The van der Waals surface area contributed by atoms with E-state index in [0.717, 1.165) is 27.8 Å². The third-order valence-corrected chi connectivity index (χ3v) is 6.34. The van der Waals surface area contributed by atoms with E-state index in [9.17, 15) is 10.0 Å². The van der Waals surface area contributed by atoms with Gasteiger partial charge < -0.3 is 10.3 Å². The van der Waals surface area contributed by atoms with Gasteiger partial charge in [0.1, 0.15) is 10.3 Å². The van der Waals surface area contributed by atoms with E-state index in [1.165, 1.54) is 0 Å². The van der Waals surface area contributed by atoms with Crippen molar-refractivity contribution in [3.8, 4) is 11.1 Å². The minimum absolute atomic E-state index is 0.101. The molecule has 4 aromatic rings. The van der Waals surface area contributed by atoms with Crippen molar-refractivity contribution in [1.29, 1.82) is 0 Å². The van der Waals surface area contributed by atoms with Gasteiger partial charge in [0.05, 0.1) is 11.3 Å². The fourth-order valence-corrected chi connectivity index (χ4v) is 4.60. The number of oxime groups is 1. The molecule has 0 unspecified atom stereocenters. The monoisotopic (exact) mass is 504 g/mol. The molecule has 5 nitrogen and oxygen atoms in total. The van der Waals surface area contributed by atoms with Gasteiger partial charge in [-0.25, -0.2) is 9.78 Å². The summed E-state index contributed by atoms with van der Waals surface area (Å²) >= 11 is 12.2. The summed E-state index contributed by atoms with van der Waals surface area (Å²) in [4.78, 5) is 15.1. The summed E-state index contributed by atoms with van der Waals surface area (Å²) in [7, 11) is 0. The van der Waals surface area contributed by atoms with E-state index in [1.54, 1.807) is 36.4 Å². The predicted octanol–water partition coefficient (Wildman–Crippen LogP) is 7.46. The molecule has 176 valence electrons. The molecule has 0 spiro atoms. The van der Waals surface area contributed by atoms with E-state index in [4.69, 9.17) is 28.3 Å². The molecule has 0 aliphatic heterocycles. The minimum atomic E-state index is -0.953. The van der Waals surface area contributed by atoms with Gasteiger partial charge in [-0.15, -0.1) is 0 Å².